The molecule has 112 valence electrons. The Morgan fingerprint density at radius 2 is 1.76 bits per heavy atom. The van der Waals surface area contributed by atoms with Crippen molar-refractivity contribution in [2.75, 3.05) is 7.11 Å². The van der Waals surface area contributed by atoms with E-state index in [0.717, 1.165) is 23.8 Å². The standard InChI is InChI=1S/C16H16F3NO/c1-10(11-3-5-15(19)16(8-11)21-2)20-9-12-7-13(17)4-6-14(12)18/h3-8,10,20H,9H2,1-2H3. The average molecular weight is 295 g/mol. The predicted molar refractivity (Wildman–Crippen MR) is 74.6 cm³/mol. The summed E-state index contributed by atoms with van der Waals surface area (Å²) in [5.41, 5.74) is 1.04. The van der Waals surface area contributed by atoms with Crippen LogP contribution < -0.4 is 10.1 Å². The van der Waals surface area contributed by atoms with Crippen molar-refractivity contribution in [3.63, 3.8) is 0 Å². The van der Waals surface area contributed by atoms with Gasteiger partial charge in [0.25, 0.3) is 0 Å². The first kappa shape index (κ1) is 15.4. The number of methoxy groups -OCH3 is 1. The number of ether oxygens (including phenoxy) is 1. The van der Waals surface area contributed by atoms with Crippen LogP contribution in [0.25, 0.3) is 0 Å². The van der Waals surface area contributed by atoms with Gasteiger partial charge in [0.1, 0.15) is 11.6 Å². The van der Waals surface area contributed by atoms with Gasteiger partial charge in [0.05, 0.1) is 7.11 Å². The summed E-state index contributed by atoms with van der Waals surface area (Å²) in [5, 5.41) is 3.07. The van der Waals surface area contributed by atoms with Crippen LogP contribution >= 0.6 is 0 Å². The summed E-state index contributed by atoms with van der Waals surface area (Å²) in [5.74, 6) is -1.24. The summed E-state index contributed by atoms with van der Waals surface area (Å²) < 4.78 is 44.9. The number of halogens is 3. The van der Waals surface area contributed by atoms with Crippen LogP contribution in [-0.2, 0) is 6.54 Å². The molecule has 2 rings (SSSR count). The Balaban J connectivity index is 2.08. The Bertz CT molecular complexity index is 631. The second-order valence-electron chi connectivity index (χ2n) is 4.73. The van der Waals surface area contributed by atoms with Gasteiger partial charge < -0.3 is 10.1 Å². The Morgan fingerprint density at radius 1 is 1.05 bits per heavy atom. The van der Waals surface area contributed by atoms with E-state index in [1.165, 1.54) is 13.2 Å². The third kappa shape index (κ3) is 3.76. The smallest absolute Gasteiger partial charge is 0.165 e. The van der Waals surface area contributed by atoms with Crippen LogP contribution in [0.3, 0.4) is 0 Å². The summed E-state index contributed by atoms with van der Waals surface area (Å²) in [6.07, 6.45) is 0. The second kappa shape index (κ2) is 6.63. The Labute approximate surface area is 121 Å². The van der Waals surface area contributed by atoms with Gasteiger partial charge in [-0.05, 0) is 42.8 Å². The molecule has 2 aromatic carbocycles. The van der Waals surface area contributed by atoms with Crippen molar-refractivity contribution in [3.8, 4) is 5.75 Å². The largest absolute Gasteiger partial charge is 0.494 e. The molecule has 0 aliphatic heterocycles. The van der Waals surface area contributed by atoms with Gasteiger partial charge in [0.15, 0.2) is 11.6 Å². The first-order chi connectivity index (χ1) is 10.0. The van der Waals surface area contributed by atoms with E-state index in [2.05, 4.69) is 5.32 Å². The molecule has 0 radical (unpaired) electrons. The van der Waals surface area contributed by atoms with Crippen LogP contribution in [0.5, 0.6) is 5.75 Å². The van der Waals surface area contributed by atoms with E-state index in [4.69, 9.17) is 4.74 Å². The Hall–Kier alpha value is -2.01. The number of rotatable bonds is 5. The molecule has 0 fully saturated rings. The molecule has 0 heterocycles. The minimum atomic E-state index is -0.482. The molecule has 1 unspecified atom stereocenters. The van der Waals surface area contributed by atoms with Gasteiger partial charge in [-0.1, -0.05) is 6.07 Å². The maximum Gasteiger partial charge on any atom is 0.165 e. The van der Waals surface area contributed by atoms with E-state index < -0.39 is 17.5 Å². The molecule has 0 aliphatic rings. The molecule has 0 amide bonds. The van der Waals surface area contributed by atoms with Crippen molar-refractivity contribution in [1.29, 1.82) is 0 Å². The quantitative estimate of drug-likeness (QED) is 0.901. The van der Waals surface area contributed by atoms with Crippen molar-refractivity contribution < 1.29 is 17.9 Å². The van der Waals surface area contributed by atoms with Gasteiger partial charge in [0, 0.05) is 18.2 Å². The van der Waals surface area contributed by atoms with Crippen molar-refractivity contribution >= 4 is 0 Å². The van der Waals surface area contributed by atoms with Crippen molar-refractivity contribution in [3.05, 3.63) is 65.0 Å². The van der Waals surface area contributed by atoms with Gasteiger partial charge in [-0.3, -0.25) is 0 Å². The van der Waals surface area contributed by atoms with Crippen molar-refractivity contribution in [2.45, 2.75) is 19.5 Å². The molecule has 1 atom stereocenters. The van der Waals surface area contributed by atoms with Gasteiger partial charge >= 0.3 is 0 Å². The van der Waals surface area contributed by atoms with E-state index in [-0.39, 0.29) is 23.9 Å². The first-order valence-electron chi connectivity index (χ1n) is 6.52. The second-order valence-corrected chi connectivity index (χ2v) is 4.73. The third-order valence-corrected chi connectivity index (χ3v) is 3.28. The predicted octanol–water partition coefficient (Wildman–Crippen LogP) is 3.96. The average Bonchev–Trinajstić information content (AvgIpc) is 2.48. The van der Waals surface area contributed by atoms with Gasteiger partial charge in [-0.2, -0.15) is 0 Å². The van der Waals surface area contributed by atoms with Crippen LogP contribution in [0.4, 0.5) is 13.2 Å². The number of hydrogen-bond acceptors (Lipinski definition) is 2. The Morgan fingerprint density at radius 3 is 2.48 bits per heavy atom. The SMILES string of the molecule is COc1cc(C(C)NCc2cc(F)ccc2F)ccc1F. The number of hydrogen-bond donors (Lipinski definition) is 1. The summed E-state index contributed by atoms with van der Waals surface area (Å²) in [6, 6.07) is 7.68. The molecule has 1 N–H and O–H groups in total. The van der Waals surface area contributed by atoms with Crippen LogP contribution in [0.15, 0.2) is 36.4 Å². The summed E-state index contributed by atoms with van der Waals surface area (Å²) in [4.78, 5) is 0. The van der Waals surface area contributed by atoms with E-state index in [0.29, 0.717) is 0 Å². The molecule has 5 heteroatoms. The maximum atomic E-state index is 13.5. The highest BCUT2D eigenvalue weighted by Crippen LogP contribution is 2.23. The lowest BCUT2D eigenvalue weighted by Gasteiger charge is -2.16. The van der Waals surface area contributed by atoms with Crippen LogP contribution in [0.1, 0.15) is 24.1 Å². The monoisotopic (exact) mass is 295 g/mol. The molecule has 0 aliphatic carbocycles. The van der Waals surface area contributed by atoms with Crippen LogP contribution in [0, 0.1) is 17.5 Å². The zero-order chi connectivity index (χ0) is 15.4. The lowest BCUT2D eigenvalue weighted by molar-refractivity contribution is 0.385. The van der Waals surface area contributed by atoms with Gasteiger partial charge in [0.2, 0.25) is 0 Å². The molecule has 0 saturated carbocycles. The fraction of sp³-hybridized carbons (Fsp3) is 0.250. The molecule has 0 aromatic heterocycles. The van der Waals surface area contributed by atoms with Crippen LogP contribution in [-0.4, -0.2) is 7.11 Å². The number of benzene rings is 2. The minimum Gasteiger partial charge on any atom is -0.494 e. The molecule has 0 bridgehead atoms. The van der Waals surface area contributed by atoms with E-state index in [9.17, 15) is 13.2 Å². The highest BCUT2D eigenvalue weighted by Gasteiger charge is 2.11. The van der Waals surface area contributed by atoms with Crippen LogP contribution in [0.2, 0.25) is 0 Å². The van der Waals surface area contributed by atoms with E-state index in [1.54, 1.807) is 12.1 Å². The van der Waals surface area contributed by atoms with E-state index in [1.807, 2.05) is 6.92 Å². The minimum absolute atomic E-state index is 0.151. The summed E-state index contributed by atoms with van der Waals surface area (Å²) in [7, 11) is 1.39. The first-order valence-corrected chi connectivity index (χ1v) is 6.52. The third-order valence-electron chi connectivity index (χ3n) is 3.28. The highest BCUT2D eigenvalue weighted by atomic mass is 19.1. The molecular formula is C16H16F3NO. The molecule has 0 spiro atoms. The summed E-state index contributed by atoms with van der Waals surface area (Å²) >= 11 is 0. The normalized spacial score (nSPS) is 12.2. The topological polar surface area (TPSA) is 21.3 Å². The molecule has 21 heavy (non-hydrogen) atoms. The van der Waals surface area contributed by atoms with E-state index >= 15 is 0 Å². The fourth-order valence-corrected chi connectivity index (χ4v) is 2.01. The van der Waals surface area contributed by atoms with Crippen molar-refractivity contribution in [1.82, 2.24) is 5.32 Å². The maximum absolute atomic E-state index is 13.5. The summed E-state index contributed by atoms with van der Waals surface area (Å²) in [6.45, 7) is 2.02. The van der Waals surface area contributed by atoms with Gasteiger partial charge in [-0.15, -0.1) is 0 Å². The lowest BCUT2D eigenvalue weighted by atomic mass is 10.1. The Kier molecular flexibility index (Phi) is 4.85. The zero-order valence-electron chi connectivity index (χ0n) is 11.8. The molecule has 2 nitrogen and oxygen atoms in total. The lowest BCUT2D eigenvalue weighted by Crippen LogP contribution is -2.19. The molecule has 2 aromatic rings. The molecular weight excluding hydrogens is 279 g/mol. The fourth-order valence-electron chi connectivity index (χ4n) is 2.01. The zero-order valence-corrected chi connectivity index (χ0v) is 11.8. The molecule has 0 saturated heterocycles. The van der Waals surface area contributed by atoms with Crippen molar-refractivity contribution in [2.24, 2.45) is 0 Å². The van der Waals surface area contributed by atoms with Gasteiger partial charge in [-0.25, -0.2) is 13.2 Å². The highest BCUT2D eigenvalue weighted by molar-refractivity contribution is 5.32. The number of nitrogens with one attached hydrogen (secondary N) is 1.